The lowest BCUT2D eigenvalue weighted by atomic mass is 10.2. The second-order valence-electron chi connectivity index (χ2n) is 6.10. The van der Waals surface area contributed by atoms with E-state index in [0.29, 0.717) is 6.54 Å². The van der Waals surface area contributed by atoms with E-state index in [1.165, 1.54) is 24.0 Å². The molecule has 1 atom stereocenters. The number of nitrogens with one attached hydrogen (secondary N) is 1. The number of benzene rings is 2. The zero-order valence-corrected chi connectivity index (χ0v) is 17.9. The summed E-state index contributed by atoms with van der Waals surface area (Å²) in [5, 5.41) is 0. The summed E-state index contributed by atoms with van der Waals surface area (Å²) in [5.74, 6) is -1.23. The van der Waals surface area contributed by atoms with Crippen molar-refractivity contribution >= 4 is 37.8 Å². The predicted molar refractivity (Wildman–Crippen MR) is 108 cm³/mol. The van der Waals surface area contributed by atoms with Crippen molar-refractivity contribution in [3.63, 3.8) is 0 Å². The van der Waals surface area contributed by atoms with Crippen LogP contribution in [-0.4, -0.2) is 44.9 Å². The van der Waals surface area contributed by atoms with E-state index in [1.807, 2.05) is 24.3 Å². The Balaban J connectivity index is 1.87. The molecule has 7 nitrogen and oxygen atoms in total. The molecule has 150 valence electrons. The topological polar surface area (TPSA) is 92.8 Å². The number of likely N-dealkylation sites (N-methyl/N-ethyl adjacent to an activating group) is 1. The zero-order chi connectivity index (χ0) is 20.7. The lowest BCUT2D eigenvalue weighted by Gasteiger charge is -2.19. The van der Waals surface area contributed by atoms with E-state index in [4.69, 9.17) is 4.74 Å². The van der Waals surface area contributed by atoms with Crippen LogP contribution in [0.15, 0.2) is 64.0 Å². The van der Waals surface area contributed by atoms with Crippen molar-refractivity contribution in [1.29, 1.82) is 0 Å². The van der Waals surface area contributed by atoms with Crippen molar-refractivity contribution in [1.82, 2.24) is 9.62 Å². The molecule has 0 aliphatic carbocycles. The number of hydrogen-bond donors (Lipinski definition) is 1. The van der Waals surface area contributed by atoms with Crippen molar-refractivity contribution in [2.45, 2.75) is 24.4 Å². The summed E-state index contributed by atoms with van der Waals surface area (Å²) in [4.78, 5) is 25.7. The molecular weight excluding hydrogens is 448 g/mol. The molecule has 2 rings (SSSR count). The fourth-order valence-corrected chi connectivity index (χ4v) is 3.91. The average molecular weight is 469 g/mol. The number of rotatable bonds is 8. The number of halogens is 1. The summed E-state index contributed by atoms with van der Waals surface area (Å²) < 4.78 is 32.5. The molecule has 0 saturated carbocycles. The Bertz CT molecular complexity index is 934. The Labute approximate surface area is 172 Å². The van der Waals surface area contributed by atoms with Gasteiger partial charge in [-0.25, -0.2) is 8.42 Å². The normalized spacial score (nSPS) is 12.2. The van der Waals surface area contributed by atoms with E-state index >= 15 is 0 Å². The molecule has 0 heterocycles. The maximum Gasteiger partial charge on any atom is 0.324 e. The second kappa shape index (κ2) is 9.81. The third kappa shape index (κ3) is 6.15. The minimum Gasteiger partial charge on any atom is -0.454 e. The second-order valence-corrected chi connectivity index (χ2v) is 8.67. The predicted octanol–water partition coefficient (Wildman–Crippen LogP) is 2.32. The third-order valence-electron chi connectivity index (χ3n) is 3.87. The van der Waals surface area contributed by atoms with E-state index in [1.54, 1.807) is 25.2 Å². The maximum absolute atomic E-state index is 12.2. The quantitative estimate of drug-likeness (QED) is 0.600. The minimum atomic E-state index is -3.86. The SMILES string of the molecule is CC(NS(=O)(=O)c1ccccc1)C(=O)OCC(=O)N(C)Cc1ccccc1Br. The van der Waals surface area contributed by atoms with Gasteiger partial charge in [-0.15, -0.1) is 0 Å². The molecule has 1 unspecified atom stereocenters. The van der Waals surface area contributed by atoms with E-state index in [9.17, 15) is 18.0 Å². The largest absolute Gasteiger partial charge is 0.454 e. The molecule has 28 heavy (non-hydrogen) atoms. The highest BCUT2D eigenvalue weighted by Crippen LogP contribution is 2.17. The zero-order valence-electron chi connectivity index (χ0n) is 15.5. The van der Waals surface area contributed by atoms with Crippen LogP contribution in [0, 0.1) is 0 Å². The summed E-state index contributed by atoms with van der Waals surface area (Å²) in [6.07, 6.45) is 0. The van der Waals surface area contributed by atoms with Gasteiger partial charge in [-0.3, -0.25) is 9.59 Å². The first-order valence-corrected chi connectivity index (χ1v) is 10.7. The van der Waals surface area contributed by atoms with Crippen molar-refractivity contribution < 1.29 is 22.7 Å². The van der Waals surface area contributed by atoms with Crippen LogP contribution in [0.1, 0.15) is 12.5 Å². The Morgan fingerprint density at radius 2 is 1.71 bits per heavy atom. The van der Waals surface area contributed by atoms with Gasteiger partial charge in [-0.2, -0.15) is 4.72 Å². The van der Waals surface area contributed by atoms with Crippen LogP contribution in [0.5, 0.6) is 0 Å². The van der Waals surface area contributed by atoms with E-state index in [0.717, 1.165) is 10.0 Å². The summed E-state index contributed by atoms with van der Waals surface area (Å²) in [6.45, 7) is 1.23. The lowest BCUT2D eigenvalue weighted by molar-refractivity contribution is -0.152. The van der Waals surface area contributed by atoms with Crippen LogP contribution in [0.25, 0.3) is 0 Å². The number of ether oxygens (including phenoxy) is 1. The Morgan fingerprint density at radius 3 is 2.36 bits per heavy atom. The van der Waals surface area contributed by atoms with Gasteiger partial charge in [-0.1, -0.05) is 52.3 Å². The van der Waals surface area contributed by atoms with E-state index in [2.05, 4.69) is 20.7 Å². The molecule has 0 saturated heterocycles. The molecule has 0 aromatic heterocycles. The average Bonchev–Trinajstić information content (AvgIpc) is 2.67. The minimum absolute atomic E-state index is 0.0406. The summed E-state index contributed by atoms with van der Waals surface area (Å²) in [6, 6.07) is 14.0. The van der Waals surface area contributed by atoms with Gasteiger partial charge in [0.25, 0.3) is 5.91 Å². The van der Waals surface area contributed by atoms with Gasteiger partial charge in [0.15, 0.2) is 6.61 Å². The number of carbonyl (C=O) groups is 2. The first-order valence-electron chi connectivity index (χ1n) is 8.42. The highest BCUT2D eigenvalue weighted by Gasteiger charge is 2.24. The molecule has 9 heteroatoms. The molecule has 0 aliphatic rings. The number of esters is 1. The number of hydrogen-bond acceptors (Lipinski definition) is 5. The number of sulfonamides is 1. The summed E-state index contributed by atoms with van der Waals surface area (Å²) in [7, 11) is -2.26. The molecule has 0 aliphatic heterocycles. The van der Waals surface area contributed by atoms with Gasteiger partial charge in [0, 0.05) is 18.1 Å². The molecular formula is C19H21BrN2O5S. The third-order valence-corrected chi connectivity index (χ3v) is 6.20. The number of amides is 1. The van der Waals surface area contributed by atoms with Gasteiger partial charge >= 0.3 is 5.97 Å². The monoisotopic (exact) mass is 468 g/mol. The molecule has 2 aromatic rings. The van der Waals surface area contributed by atoms with E-state index in [-0.39, 0.29) is 4.90 Å². The van der Waals surface area contributed by atoms with Crippen LogP contribution in [0.2, 0.25) is 0 Å². The maximum atomic E-state index is 12.2. The van der Waals surface area contributed by atoms with Gasteiger partial charge in [-0.05, 0) is 30.7 Å². The molecule has 1 amide bonds. The van der Waals surface area contributed by atoms with Gasteiger partial charge in [0.2, 0.25) is 10.0 Å². The van der Waals surface area contributed by atoms with Gasteiger partial charge < -0.3 is 9.64 Å². The van der Waals surface area contributed by atoms with Crippen LogP contribution in [0.3, 0.4) is 0 Å². The fourth-order valence-electron chi connectivity index (χ4n) is 2.29. The van der Waals surface area contributed by atoms with Crippen molar-refractivity contribution in [3.05, 3.63) is 64.6 Å². The molecule has 0 spiro atoms. The molecule has 0 bridgehead atoms. The molecule has 0 radical (unpaired) electrons. The van der Waals surface area contributed by atoms with E-state index < -0.39 is 34.5 Å². The Kier molecular flexibility index (Phi) is 7.73. The molecule has 2 aromatic carbocycles. The van der Waals surface area contributed by atoms with Crippen molar-refractivity contribution in [3.8, 4) is 0 Å². The highest BCUT2D eigenvalue weighted by atomic mass is 79.9. The van der Waals surface area contributed by atoms with Crippen molar-refractivity contribution in [2.75, 3.05) is 13.7 Å². The number of nitrogens with zero attached hydrogens (tertiary/aromatic N) is 1. The lowest BCUT2D eigenvalue weighted by Crippen LogP contribution is -2.41. The van der Waals surface area contributed by atoms with Gasteiger partial charge in [0.1, 0.15) is 6.04 Å². The van der Waals surface area contributed by atoms with Crippen LogP contribution < -0.4 is 4.72 Å². The number of carbonyl (C=O) groups excluding carboxylic acids is 2. The highest BCUT2D eigenvalue weighted by molar-refractivity contribution is 9.10. The van der Waals surface area contributed by atoms with Gasteiger partial charge in [0.05, 0.1) is 4.90 Å². The van der Waals surface area contributed by atoms with Crippen LogP contribution in [-0.2, 0) is 30.9 Å². The van der Waals surface area contributed by atoms with Crippen LogP contribution >= 0.6 is 15.9 Å². The first-order chi connectivity index (χ1) is 13.2. The van der Waals surface area contributed by atoms with Crippen LogP contribution in [0.4, 0.5) is 0 Å². The summed E-state index contributed by atoms with van der Waals surface area (Å²) in [5.41, 5.74) is 0.911. The smallest absolute Gasteiger partial charge is 0.324 e. The Hall–Kier alpha value is -2.23. The fraction of sp³-hybridized carbons (Fsp3) is 0.263. The first kappa shape index (κ1) is 22.1. The molecule has 1 N–H and O–H groups in total. The molecule has 0 fully saturated rings. The summed E-state index contributed by atoms with van der Waals surface area (Å²) >= 11 is 3.41. The standard InChI is InChI=1S/C19H21BrN2O5S/c1-14(21-28(25,26)16-9-4-3-5-10-16)19(24)27-13-18(23)22(2)12-15-8-6-7-11-17(15)20/h3-11,14,21H,12-13H2,1-2H3. The Morgan fingerprint density at radius 1 is 1.11 bits per heavy atom. The van der Waals surface area contributed by atoms with Crippen molar-refractivity contribution in [2.24, 2.45) is 0 Å².